The summed E-state index contributed by atoms with van der Waals surface area (Å²) in [5, 5.41) is 22.0. The highest BCUT2D eigenvalue weighted by Crippen LogP contribution is 2.49. The summed E-state index contributed by atoms with van der Waals surface area (Å²) in [6.45, 7) is 4.26. The Labute approximate surface area is 258 Å². The molecule has 0 spiro atoms. The second-order valence-corrected chi connectivity index (χ2v) is 14.3. The van der Waals surface area contributed by atoms with Gasteiger partial charge in [-0.2, -0.15) is 5.10 Å². The molecule has 43 heavy (non-hydrogen) atoms. The lowest BCUT2D eigenvalue weighted by molar-refractivity contribution is 0.0691. The molecule has 0 bridgehead atoms. The number of carbonyl (C=O) groups is 1. The molecule has 0 amide bonds. The summed E-state index contributed by atoms with van der Waals surface area (Å²) in [5.41, 5.74) is 4.86. The molecule has 5 aromatic rings. The van der Waals surface area contributed by atoms with Crippen LogP contribution in [0.25, 0.3) is 16.4 Å². The normalized spacial score (nSPS) is 14.2. The standard InChI is InChI=1S/C32H27FN4O3S3/c1-19-6-9-23(42-19)10-7-20-4-3-5-22(14-20)29-24(15-21-8-11-28(43(34)40)25(33)16-21)27(17-32(2)12-13-32)37(36-29)31-35-26(18-41-31)30(38)39/h3-6,8-9,11,14,16,18H,12-13,15,17H2,1-2H3,(H2,34,40)(H,38,39)/p+1. The van der Waals surface area contributed by atoms with Crippen LogP contribution in [0.15, 0.2) is 64.9 Å². The van der Waals surface area contributed by atoms with Gasteiger partial charge in [0, 0.05) is 33.4 Å². The van der Waals surface area contributed by atoms with E-state index in [1.54, 1.807) is 22.1 Å². The molecule has 0 saturated heterocycles. The van der Waals surface area contributed by atoms with Crippen molar-refractivity contribution >= 4 is 39.6 Å². The van der Waals surface area contributed by atoms with Crippen molar-refractivity contribution in [2.75, 3.05) is 0 Å². The van der Waals surface area contributed by atoms with Crippen LogP contribution in [0.4, 0.5) is 4.39 Å². The average molecular weight is 632 g/mol. The first kappa shape index (κ1) is 29.1. The number of aromatic nitrogens is 3. The van der Waals surface area contributed by atoms with Crippen molar-refractivity contribution in [1.82, 2.24) is 14.8 Å². The zero-order chi connectivity index (χ0) is 30.3. The van der Waals surface area contributed by atoms with Crippen LogP contribution in [0.3, 0.4) is 0 Å². The summed E-state index contributed by atoms with van der Waals surface area (Å²) in [4.78, 5) is 18.2. The van der Waals surface area contributed by atoms with Gasteiger partial charge in [0.15, 0.2) is 22.5 Å². The summed E-state index contributed by atoms with van der Waals surface area (Å²) < 4.78 is 28.4. The van der Waals surface area contributed by atoms with Gasteiger partial charge >= 0.3 is 5.97 Å². The number of nitrogens with zero attached hydrogens (tertiary/aromatic N) is 3. The molecule has 1 fully saturated rings. The van der Waals surface area contributed by atoms with E-state index in [0.717, 1.165) is 40.1 Å². The van der Waals surface area contributed by atoms with E-state index in [1.807, 2.05) is 43.3 Å². The molecule has 1 unspecified atom stereocenters. The molecular formula is C32H28FN4O3S3+. The lowest BCUT2D eigenvalue weighted by atomic mass is 9.93. The van der Waals surface area contributed by atoms with Crippen molar-refractivity contribution in [3.05, 3.63) is 104 Å². The Bertz CT molecular complexity index is 1960. The van der Waals surface area contributed by atoms with E-state index < -0.39 is 22.8 Å². The van der Waals surface area contributed by atoms with E-state index in [1.165, 1.54) is 33.7 Å². The van der Waals surface area contributed by atoms with Crippen molar-refractivity contribution in [1.29, 1.82) is 0 Å². The number of halogens is 1. The first-order chi connectivity index (χ1) is 20.6. The van der Waals surface area contributed by atoms with Crippen LogP contribution in [-0.4, -0.2) is 25.8 Å². The predicted molar refractivity (Wildman–Crippen MR) is 169 cm³/mol. The van der Waals surface area contributed by atoms with Crippen LogP contribution in [0.5, 0.6) is 0 Å². The Hall–Kier alpha value is -3.95. The van der Waals surface area contributed by atoms with E-state index in [2.05, 4.69) is 23.7 Å². The molecule has 2 aromatic carbocycles. The monoisotopic (exact) mass is 631 g/mol. The molecule has 3 heterocycles. The maximum Gasteiger partial charge on any atom is 0.355 e. The highest BCUT2D eigenvalue weighted by atomic mass is 32.2. The second-order valence-electron chi connectivity index (χ2n) is 11.0. The first-order valence-electron chi connectivity index (χ1n) is 13.6. The number of hydrogen-bond donors (Lipinski definition) is 2. The smallest absolute Gasteiger partial charge is 0.355 e. The van der Waals surface area contributed by atoms with Crippen molar-refractivity contribution in [2.24, 2.45) is 10.6 Å². The van der Waals surface area contributed by atoms with Crippen molar-refractivity contribution in [2.45, 2.75) is 44.4 Å². The van der Waals surface area contributed by atoms with Crippen LogP contribution in [0.1, 0.15) is 62.4 Å². The quantitative estimate of drug-likeness (QED) is 0.116. The third-order valence-corrected chi connectivity index (χ3v) is 10.1. The van der Waals surface area contributed by atoms with Gasteiger partial charge in [0.1, 0.15) is 0 Å². The molecule has 7 nitrogen and oxygen atoms in total. The highest BCUT2D eigenvalue weighted by Gasteiger charge is 2.40. The van der Waals surface area contributed by atoms with Crippen LogP contribution < -0.4 is 5.14 Å². The van der Waals surface area contributed by atoms with Gasteiger partial charge in [0.25, 0.3) is 0 Å². The number of nitrogens with two attached hydrogens (primary N) is 1. The van der Waals surface area contributed by atoms with Crippen molar-refractivity contribution < 1.29 is 18.5 Å². The van der Waals surface area contributed by atoms with Gasteiger partial charge in [-0.05, 0) is 73.6 Å². The van der Waals surface area contributed by atoms with Crippen molar-refractivity contribution in [3.8, 4) is 28.2 Å². The number of aryl methyl sites for hydroxylation is 1. The summed E-state index contributed by atoms with van der Waals surface area (Å²) in [7, 11) is -2.31. The number of carboxylic acid groups (broad SMARTS) is 1. The molecule has 1 aliphatic rings. The van der Waals surface area contributed by atoms with Gasteiger partial charge < -0.3 is 5.11 Å². The van der Waals surface area contributed by atoms with Crippen LogP contribution in [0, 0.1) is 30.0 Å². The van der Waals surface area contributed by atoms with Gasteiger partial charge in [0.05, 0.1) is 16.3 Å². The summed E-state index contributed by atoms with van der Waals surface area (Å²) in [6, 6.07) is 16.5. The Morgan fingerprint density at radius 1 is 1.19 bits per heavy atom. The molecule has 0 aliphatic heterocycles. The van der Waals surface area contributed by atoms with Gasteiger partial charge in [-0.25, -0.2) is 18.9 Å². The molecule has 1 aliphatic carbocycles. The third-order valence-electron chi connectivity index (χ3n) is 7.52. The molecule has 6 rings (SSSR count). The number of hydrogen-bond acceptors (Lipinski definition) is 6. The van der Waals surface area contributed by atoms with E-state index in [0.29, 0.717) is 29.2 Å². The summed E-state index contributed by atoms with van der Waals surface area (Å²) >= 11 is 2.85. The Kier molecular flexibility index (Phi) is 7.87. The zero-order valence-electron chi connectivity index (χ0n) is 23.4. The number of thiazole rings is 1. The fourth-order valence-corrected chi connectivity index (χ4v) is 6.91. The molecule has 3 aromatic heterocycles. The predicted octanol–water partition coefficient (Wildman–Crippen LogP) is 6.46. The lowest BCUT2D eigenvalue weighted by Gasteiger charge is -2.13. The van der Waals surface area contributed by atoms with E-state index in [-0.39, 0.29) is 16.0 Å². The molecule has 3 N–H and O–H groups in total. The highest BCUT2D eigenvalue weighted by molar-refractivity contribution is 7.82. The van der Waals surface area contributed by atoms with E-state index in [4.69, 9.17) is 10.2 Å². The number of thiol groups is 1. The molecule has 11 heteroatoms. The Morgan fingerprint density at radius 3 is 2.65 bits per heavy atom. The SMILES string of the molecule is Cc1ccc(C#Cc2cccc(-c3nn(-c4nc(C(=O)O)cs4)c(CC4(C)CC4)c3Cc3ccc([SH+](N)=O)c(F)c3)c2)s1. The summed E-state index contributed by atoms with van der Waals surface area (Å²) in [5.74, 6) is 4.77. The minimum absolute atomic E-state index is 0.0171. The Balaban J connectivity index is 1.50. The molecule has 1 atom stereocenters. The maximum atomic E-state index is 14.9. The van der Waals surface area contributed by atoms with E-state index in [9.17, 15) is 18.5 Å². The van der Waals surface area contributed by atoms with E-state index >= 15 is 0 Å². The zero-order valence-corrected chi connectivity index (χ0v) is 26.0. The first-order valence-corrected chi connectivity index (χ1v) is 16.6. The van der Waals surface area contributed by atoms with Gasteiger partial charge in [-0.3, -0.25) is 0 Å². The third kappa shape index (κ3) is 6.38. The van der Waals surface area contributed by atoms with Crippen LogP contribution in [-0.2, 0) is 28.0 Å². The second kappa shape index (κ2) is 11.6. The fourth-order valence-electron chi connectivity index (χ4n) is 4.92. The molecule has 0 radical (unpaired) electrons. The number of benzene rings is 2. The minimum Gasteiger partial charge on any atom is -0.476 e. The maximum absolute atomic E-state index is 14.9. The number of carboxylic acids is 1. The Morgan fingerprint density at radius 2 is 2.00 bits per heavy atom. The molecule has 218 valence electrons. The largest absolute Gasteiger partial charge is 0.476 e. The topological polar surface area (TPSA) is 111 Å². The van der Waals surface area contributed by atoms with Crippen LogP contribution in [0.2, 0.25) is 0 Å². The number of thiophene rings is 1. The van der Waals surface area contributed by atoms with Gasteiger partial charge in [0.2, 0.25) is 10.0 Å². The number of aromatic carboxylic acids is 1. The minimum atomic E-state index is -2.31. The lowest BCUT2D eigenvalue weighted by Crippen LogP contribution is -2.10. The fraction of sp³-hybridized carbons (Fsp3) is 0.219. The van der Waals surface area contributed by atoms with Gasteiger partial charge in [-0.15, -0.1) is 27.8 Å². The van der Waals surface area contributed by atoms with Crippen LogP contribution >= 0.6 is 22.7 Å². The van der Waals surface area contributed by atoms with Gasteiger partial charge in [-0.1, -0.05) is 41.2 Å². The molecule has 1 saturated carbocycles. The summed E-state index contributed by atoms with van der Waals surface area (Å²) in [6.07, 6.45) is 3.17. The number of rotatable bonds is 8. The molecular weight excluding hydrogens is 604 g/mol. The average Bonchev–Trinajstić information content (AvgIpc) is 3.30. The van der Waals surface area contributed by atoms with Crippen molar-refractivity contribution in [3.63, 3.8) is 0 Å².